The highest BCUT2D eigenvalue weighted by Gasteiger charge is 2.21. The van der Waals surface area contributed by atoms with Gasteiger partial charge in [0.05, 0.1) is 20.6 Å². The highest BCUT2D eigenvalue weighted by molar-refractivity contribution is 5.80. The lowest BCUT2D eigenvalue weighted by molar-refractivity contribution is -0.133. The number of hydrogen-bond donors (Lipinski definition) is 0. The molecule has 4 nitrogen and oxygen atoms in total. The van der Waals surface area contributed by atoms with Crippen molar-refractivity contribution >= 4 is 5.91 Å². The van der Waals surface area contributed by atoms with Crippen LogP contribution in [0.3, 0.4) is 0 Å². The quantitative estimate of drug-likeness (QED) is 0.726. The Morgan fingerprint density at radius 2 is 1.80 bits per heavy atom. The van der Waals surface area contributed by atoms with E-state index in [1.165, 1.54) is 0 Å². The summed E-state index contributed by atoms with van der Waals surface area (Å²) in [6.07, 6.45) is 1.20. The fourth-order valence-corrected chi connectivity index (χ4v) is 2.77. The van der Waals surface area contributed by atoms with Gasteiger partial charge in [-0.2, -0.15) is 0 Å². The molecule has 134 valence electrons. The first kappa shape index (κ1) is 18.8. The van der Waals surface area contributed by atoms with Crippen LogP contribution in [0.15, 0.2) is 48.5 Å². The van der Waals surface area contributed by atoms with Gasteiger partial charge in [0.1, 0.15) is 11.5 Å². The first-order valence-corrected chi connectivity index (χ1v) is 8.63. The smallest absolute Gasteiger partial charge is 0.227 e. The summed E-state index contributed by atoms with van der Waals surface area (Å²) in [6, 6.07) is 15.8. The molecule has 0 saturated heterocycles. The Morgan fingerprint density at radius 3 is 2.40 bits per heavy atom. The van der Waals surface area contributed by atoms with Crippen LogP contribution in [0.4, 0.5) is 0 Å². The van der Waals surface area contributed by atoms with Gasteiger partial charge in [-0.15, -0.1) is 0 Å². The minimum atomic E-state index is 0.0877. The molecule has 0 aliphatic carbocycles. The zero-order valence-electron chi connectivity index (χ0n) is 15.5. The van der Waals surface area contributed by atoms with Crippen LogP contribution >= 0.6 is 0 Å². The molecule has 2 aromatic carbocycles. The number of carbonyl (C=O) groups is 1. The number of benzene rings is 2. The third-order valence-corrected chi connectivity index (χ3v) is 4.47. The van der Waals surface area contributed by atoms with Crippen LogP contribution in [-0.2, 0) is 17.8 Å². The SMILES string of the molecule is CCC(C)N(Cc1ccccc1)C(=O)Cc1cc(OC)ccc1OC. The lowest BCUT2D eigenvalue weighted by Crippen LogP contribution is -2.38. The molecule has 2 rings (SSSR count). The number of carbonyl (C=O) groups excluding carboxylic acids is 1. The molecule has 1 unspecified atom stereocenters. The van der Waals surface area contributed by atoms with Crippen LogP contribution in [0.2, 0.25) is 0 Å². The van der Waals surface area contributed by atoms with E-state index in [9.17, 15) is 4.79 Å². The third-order valence-electron chi connectivity index (χ3n) is 4.47. The highest BCUT2D eigenvalue weighted by atomic mass is 16.5. The van der Waals surface area contributed by atoms with Crippen molar-refractivity contribution in [1.29, 1.82) is 0 Å². The molecule has 1 amide bonds. The van der Waals surface area contributed by atoms with Crippen molar-refractivity contribution in [3.8, 4) is 11.5 Å². The largest absolute Gasteiger partial charge is 0.497 e. The van der Waals surface area contributed by atoms with Crippen LogP contribution in [0.25, 0.3) is 0 Å². The molecule has 0 bridgehead atoms. The van der Waals surface area contributed by atoms with Gasteiger partial charge in [-0.05, 0) is 37.1 Å². The minimum absolute atomic E-state index is 0.0877. The van der Waals surface area contributed by atoms with Gasteiger partial charge in [-0.25, -0.2) is 0 Å². The topological polar surface area (TPSA) is 38.8 Å². The third kappa shape index (κ3) is 4.99. The van der Waals surface area contributed by atoms with E-state index in [1.54, 1.807) is 14.2 Å². The lowest BCUT2D eigenvalue weighted by Gasteiger charge is -2.29. The Kier molecular flexibility index (Phi) is 6.87. The molecule has 2 aromatic rings. The Labute approximate surface area is 150 Å². The standard InChI is InChI=1S/C21H27NO3/c1-5-16(2)22(15-17-9-7-6-8-10-17)21(23)14-18-13-19(24-3)11-12-20(18)25-4/h6-13,16H,5,14-15H2,1-4H3. The number of hydrogen-bond acceptors (Lipinski definition) is 3. The van der Waals surface area contributed by atoms with E-state index in [-0.39, 0.29) is 18.4 Å². The maximum Gasteiger partial charge on any atom is 0.227 e. The van der Waals surface area contributed by atoms with E-state index >= 15 is 0 Å². The summed E-state index contributed by atoms with van der Waals surface area (Å²) >= 11 is 0. The van der Waals surface area contributed by atoms with Gasteiger partial charge >= 0.3 is 0 Å². The molecule has 25 heavy (non-hydrogen) atoms. The normalized spacial score (nSPS) is 11.7. The number of ether oxygens (including phenoxy) is 2. The maximum atomic E-state index is 13.0. The molecule has 1 atom stereocenters. The van der Waals surface area contributed by atoms with Crippen LogP contribution in [-0.4, -0.2) is 31.1 Å². The van der Waals surface area contributed by atoms with Crippen molar-refractivity contribution in [2.75, 3.05) is 14.2 Å². The molecule has 0 saturated carbocycles. The van der Waals surface area contributed by atoms with Gasteiger partial charge in [0.25, 0.3) is 0 Å². The van der Waals surface area contributed by atoms with Gasteiger partial charge in [0, 0.05) is 18.2 Å². The Balaban J connectivity index is 2.22. The summed E-state index contributed by atoms with van der Waals surface area (Å²) in [5, 5.41) is 0. The van der Waals surface area contributed by atoms with Crippen molar-refractivity contribution in [2.45, 2.75) is 39.3 Å². The molecule has 0 fully saturated rings. The summed E-state index contributed by atoms with van der Waals surface area (Å²) in [7, 11) is 3.24. The van der Waals surface area contributed by atoms with Crippen LogP contribution in [0.1, 0.15) is 31.4 Å². The van der Waals surface area contributed by atoms with E-state index in [1.807, 2.05) is 41.3 Å². The van der Waals surface area contributed by atoms with Crippen LogP contribution < -0.4 is 9.47 Å². The van der Waals surface area contributed by atoms with E-state index in [2.05, 4.69) is 26.0 Å². The Morgan fingerprint density at radius 1 is 1.08 bits per heavy atom. The van der Waals surface area contributed by atoms with E-state index in [0.29, 0.717) is 12.3 Å². The first-order valence-electron chi connectivity index (χ1n) is 8.63. The fraction of sp³-hybridized carbons (Fsp3) is 0.381. The van der Waals surface area contributed by atoms with Crippen molar-refractivity contribution < 1.29 is 14.3 Å². The second-order valence-electron chi connectivity index (χ2n) is 6.12. The van der Waals surface area contributed by atoms with E-state index < -0.39 is 0 Å². The average molecular weight is 341 g/mol. The molecule has 0 aliphatic rings. The molecule has 0 heterocycles. The van der Waals surface area contributed by atoms with Crippen molar-refractivity contribution in [2.24, 2.45) is 0 Å². The molecule has 0 aromatic heterocycles. The van der Waals surface area contributed by atoms with Gasteiger partial charge in [0.15, 0.2) is 0 Å². The summed E-state index contributed by atoms with van der Waals surface area (Å²) in [6.45, 7) is 4.80. The monoisotopic (exact) mass is 341 g/mol. The first-order chi connectivity index (χ1) is 12.1. The minimum Gasteiger partial charge on any atom is -0.497 e. The predicted molar refractivity (Wildman–Crippen MR) is 100.0 cm³/mol. The number of methoxy groups -OCH3 is 2. The van der Waals surface area contributed by atoms with Gasteiger partial charge in [-0.1, -0.05) is 37.3 Å². The Bertz CT molecular complexity index is 685. The molecule has 4 heteroatoms. The zero-order valence-corrected chi connectivity index (χ0v) is 15.5. The predicted octanol–water partition coefficient (Wildman–Crippen LogP) is 4.07. The van der Waals surface area contributed by atoms with Crippen molar-refractivity contribution in [3.63, 3.8) is 0 Å². The van der Waals surface area contributed by atoms with Crippen molar-refractivity contribution in [3.05, 3.63) is 59.7 Å². The maximum absolute atomic E-state index is 13.0. The molecule has 0 N–H and O–H groups in total. The lowest BCUT2D eigenvalue weighted by atomic mass is 10.1. The van der Waals surface area contributed by atoms with Gasteiger partial charge in [0.2, 0.25) is 5.91 Å². The van der Waals surface area contributed by atoms with E-state index in [0.717, 1.165) is 23.3 Å². The summed E-state index contributed by atoms with van der Waals surface area (Å²) < 4.78 is 10.7. The second-order valence-corrected chi connectivity index (χ2v) is 6.12. The summed E-state index contributed by atoms with van der Waals surface area (Å²) in [5.41, 5.74) is 1.97. The van der Waals surface area contributed by atoms with Crippen LogP contribution in [0, 0.1) is 0 Å². The summed E-state index contributed by atoms with van der Waals surface area (Å²) in [5.74, 6) is 1.52. The van der Waals surface area contributed by atoms with Gasteiger partial charge < -0.3 is 14.4 Å². The summed E-state index contributed by atoms with van der Waals surface area (Å²) in [4.78, 5) is 15.0. The average Bonchev–Trinajstić information content (AvgIpc) is 2.66. The molecular weight excluding hydrogens is 314 g/mol. The zero-order chi connectivity index (χ0) is 18.2. The van der Waals surface area contributed by atoms with Gasteiger partial charge in [-0.3, -0.25) is 4.79 Å². The van der Waals surface area contributed by atoms with Crippen LogP contribution in [0.5, 0.6) is 11.5 Å². The highest BCUT2D eigenvalue weighted by Crippen LogP contribution is 2.25. The Hall–Kier alpha value is -2.49. The molecule has 0 spiro atoms. The fourth-order valence-electron chi connectivity index (χ4n) is 2.77. The molecular formula is C21H27NO3. The second kappa shape index (κ2) is 9.11. The number of nitrogens with zero attached hydrogens (tertiary/aromatic N) is 1. The number of rotatable bonds is 8. The van der Waals surface area contributed by atoms with E-state index in [4.69, 9.17) is 9.47 Å². The van der Waals surface area contributed by atoms with Crippen molar-refractivity contribution in [1.82, 2.24) is 4.90 Å². The number of amides is 1. The molecule has 0 aliphatic heterocycles. The molecule has 0 radical (unpaired) electrons.